The van der Waals surface area contributed by atoms with E-state index in [0.717, 1.165) is 30.0 Å². The molecule has 200 valence electrons. The van der Waals surface area contributed by atoms with Gasteiger partial charge in [0.2, 0.25) is 0 Å². The monoisotopic (exact) mass is 541 g/mol. The number of carbonyl (C=O) groups is 1. The molecule has 3 aromatic carbocycles. The summed E-state index contributed by atoms with van der Waals surface area (Å²) in [7, 11) is -4.06. The van der Waals surface area contributed by atoms with Crippen molar-refractivity contribution in [3.05, 3.63) is 108 Å². The number of aryl methyl sites for hydroxylation is 1. The van der Waals surface area contributed by atoms with Crippen molar-refractivity contribution in [3.8, 4) is 5.69 Å². The Labute approximate surface area is 228 Å². The lowest BCUT2D eigenvalue weighted by Crippen LogP contribution is -2.46. The Morgan fingerprint density at radius 2 is 1.67 bits per heavy atom. The highest BCUT2D eigenvalue weighted by Crippen LogP contribution is 2.58. The Hall–Kier alpha value is -4.11. The van der Waals surface area contributed by atoms with E-state index in [-0.39, 0.29) is 10.8 Å². The number of anilines is 1. The minimum Gasteiger partial charge on any atom is -0.371 e. The van der Waals surface area contributed by atoms with Gasteiger partial charge in [-0.2, -0.15) is 0 Å². The van der Waals surface area contributed by atoms with Gasteiger partial charge in [0.05, 0.1) is 4.90 Å². The lowest BCUT2D eigenvalue weighted by atomic mass is 10.1. The Balaban J connectivity index is 1.34. The van der Waals surface area contributed by atoms with Crippen molar-refractivity contribution < 1.29 is 13.2 Å². The molecule has 2 fully saturated rings. The zero-order chi connectivity index (χ0) is 27.0. The summed E-state index contributed by atoms with van der Waals surface area (Å²) in [6.07, 6.45) is 6.59. The van der Waals surface area contributed by atoms with Crippen molar-refractivity contribution in [2.75, 3.05) is 18.0 Å². The lowest BCUT2D eigenvalue weighted by molar-refractivity contribution is 0.239. The van der Waals surface area contributed by atoms with Crippen molar-refractivity contribution in [2.45, 2.75) is 42.5 Å². The average Bonchev–Trinajstić information content (AvgIpc) is 3.31. The number of rotatable bonds is 7. The molecule has 1 unspecified atom stereocenters. The number of nitrogens with one attached hydrogen (secondary N) is 2. The zero-order valence-electron chi connectivity index (χ0n) is 21.7. The maximum atomic E-state index is 13.3. The topological polar surface area (TPSA) is 96.3 Å². The van der Waals surface area contributed by atoms with Gasteiger partial charge in [-0.05, 0) is 61.6 Å². The number of aromatic nitrogens is 2. The molecule has 1 aliphatic heterocycles. The average molecular weight is 542 g/mol. The zero-order valence-corrected chi connectivity index (χ0v) is 22.6. The number of benzene rings is 3. The van der Waals surface area contributed by atoms with Gasteiger partial charge in [0, 0.05) is 42.8 Å². The molecule has 1 aromatic heterocycles. The minimum absolute atomic E-state index is 0.0615. The van der Waals surface area contributed by atoms with Crippen LogP contribution in [-0.4, -0.2) is 37.1 Å². The van der Waals surface area contributed by atoms with Crippen molar-refractivity contribution in [3.63, 3.8) is 0 Å². The van der Waals surface area contributed by atoms with E-state index in [9.17, 15) is 13.2 Å². The fourth-order valence-electron chi connectivity index (χ4n) is 5.71. The Morgan fingerprint density at radius 3 is 2.44 bits per heavy atom. The van der Waals surface area contributed by atoms with Crippen molar-refractivity contribution >= 4 is 21.7 Å². The predicted molar refractivity (Wildman–Crippen MR) is 151 cm³/mol. The molecular formula is C30H31N5O3S. The van der Waals surface area contributed by atoms with Gasteiger partial charge < -0.3 is 14.8 Å². The van der Waals surface area contributed by atoms with E-state index >= 15 is 0 Å². The van der Waals surface area contributed by atoms with E-state index in [1.165, 1.54) is 18.9 Å². The van der Waals surface area contributed by atoms with Gasteiger partial charge in [-0.3, -0.25) is 0 Å². The summed E-state index contributed by atoms with van der Waals surface area (Å²) < 4.78 is 30.4. The highest BCUT2D eigenvalue weighted by Gasteiger charge is 2.60. The van der Waals surface area contributed by atoms with Gasteiger partial charge in [0.15, 0.2) is 0 Å². The first kappa shape index (κ1) is 25.2. The number of hydrogen-bond donors (Lipinski definition) is 2. The molecule has 2 N–H and O–H groups in total. The smallest absolute Gasteiger partial charge is 0.329 e. The fourth-order valence-corrected chi connectivity index (χ4v) is 6.87. The molecule has 2 heterocycles. The molecule has 6 rings (SSSR count). The molecule has 0 radical (unpaired) electrons. The fraction of sp³-hybridized carbons (Fsp3) is 0.267. The minimum atomic E-state index is -4.06. The van der Waals surface area contributed by atoms with E-state index < -0.39 is 21.6 Å². The van der Waals surface area contributed by atoms with Crippen LogP contribution in [0.15, 0.2) is 96.2 Å². The third-order valence-corrected chi connectivity index (χ3v) is 9.22. The largest absolute Gasteiger partial charge is 0.371 e. The first-order chi connectivity index (χ1) is 18.9. The highest BCUT2D eigenvalue weighted by atomic mass is 32.2. The Bertz CT molecular complexity index is 1610. The first-order valence-corrected chi connectivity index (χ1v) is 14.7. The van der Waals surface area contributed by atoms with Crippen LogP contribution in [0.5, 0.6) is 0 Å². The molecule has 39 heavy (non-hydrogen) atoms. The molecule has 1 aliphatic carbocycles. The summed E-state index contributed by atoms with van der Waals surface area (Å²) in [4.78, 5) is 20.5. The van der Waals surface area contributed by atoms with Crippen LogP contribution in [0.25, 0.3) is 5.69 Å². The molecule has 0 spiro atoms. The van der Waals surface area contributed by atoms with Gasteiger partial charge in [0.25, 0.3) is 10.0 Å². The second kappa shape index (κ2) is 9.89. The number of urea groups is 1. The number of sulfonamides is 1. The van der Waals surface area contributed by atoms with Gasteiger partial charge >= 0.3 is 6.03 Å². The molecule has 9 heteroatoms. The van der Waals surface area contributed by atoms with E-state index in [1.54, 1.807) is 31.3 Å². The summed E-state index contributed by atoms with van der Waals surface area (Å²) in [6.45, 7) is 3.78. The van der Waals surface area contributed by atoms with Gasteiger partial charge in [-0.15, -0.1) is 0 Å². The second-order valence-corrected chi connectivity index (χ2v) is 11.9. The third-order valence-electron chi connectivity index (χ3n) is 7.73. The van der Waals surface area contributed by atoms with Crippen molar-refractivity contribution in [1.29, 1.82) is 0 Å². The second-order valence-electron chi connectivity index (χ2n) is 10.3. The van der Waals surface area contributed by atoms with E-state index in [4.69, 9.17) is 4.98 Å². The van der Waals surface area contributed by atoms with Crippen molar-refractivity contribution in [1.82, 2.24) is 19.6 Å². The Morgan fingerprint density at radius 1 is 0.949 bits per heavy atom. The first-order valence-electron chi connectivity index (χ1n) is 13.2. The van der Waals surface area contributed by atoms with Gasteiger partial charge in [-0.1, -0.05) is 54.6 Å². The van der Waals surface area contributed by atoms with Crippen LogP contribution in [0.3, 0.4) is 0 Å². The summed E-state index contributed by atoms with van der Waals surface area (Å²) in [6, 6.07) is 24.1. The normalized spacial score (nSPS) is 20.5. The van der Waals surface area contributed by atoms with E-state index in [0.29, 0.717) is 17.8 Å². The van der Waals surface area contributed by atoms with Crippen molar-refractivity contribution in [2.24, 2.45) is 0 Å². The number of amides is 2. The summed E-state index contributed by atoms with van der Waals surface area (Å²) in [5.74, 6) is 0.604. The molecule has 1 saturated heterocycles. The van der Waals surface area contributed by atoms with Crippen LogP contribution in [0.2, 0.25) is 0 Å². The molecule has 2 aliphatic rings. The van der Waals surface area contributed by atoms with Crippen LogP contribution < -0.4 is 14.9 Å². The molecule has 1 saturated carbocycles. The van der Waals surface area contributed by atoms with E-state index in [1.807, 2.05) is 53.2 Å². The molecule has 4 aromatic rings. The van der Waals surface area contributed by atoms with Crippen LogP contribution in [0, 0.1) is 6.92 Å². The molecule has 8 nitrogen and oxygen atoms in total. The summed E-state index contributed by atoms with van der Waals surface area (Å²) in [5, 5.41) is 3.02. The number of hydrogen-bond acceptors (Lipinski definition) is 5. The van der Waals surface area contributed by atoms with Crippen LogP contribution in [-0.2, 0) is 15.6 Å². The lowest BCUT2D eigenvalue weighted by Gasteiger charge is -2.23. The van der Waals surface area contributed by atoms with Crippen LogP contribution >= 0.6 is 0 Å². The predicted octanol–water partition coefficient (Wildman–Crippen LogP) is 4.85. The SMILES string of the molecule is Cc1ccccc1S(=O)(=O)NC(=O)N[C@@]1(c2nccn2-c2cccc(N3CCCC3)c2)CC1c1ccccc1. The quantitative estimate of drug-likeness (QED) is 0.349. The maximum Gasteiger partial charge on any atom is 0.329 e. The molecule has 2 atom stereocenters. The van der Waals surface area contributed by atoms with E-state index in [2.05, 4.69) is 27.1 Å². The number of imidazole rings is 1. The molecule has 2 amide bonds. The third kappa shape index (κ3) is 4.78. The summed E-state index contributed by atoms with van der Waals surface area (Å²) >= 11 is 0. The standard InChI is InChI=1S/C30H31N5O3S/c1-22-10-5-6-15-27(22)39(37,38)33-29(36)32-30(21-26(30)23-11-3-2-4-12-23)28-31-16-19-35(28)25-14-9-13-24(20-25)34-17-7-8-18-34/h2-6,9-16,19-20,26H,7-8,17-18,21H2,1H3,(H2,32,33,36)/t26?,30-/m0/s1. The summed E-state index contributed by atoms with van der Waals surface area (Å²) in [5.41, 5.74) is 2.85. The van der Waals surface area contributed by atoms with Gasteiger partial charge in [0.1, 0.15) is 11.4 Å². The highest BCUT2D eigenvalue weighted by molar-refractivity contribution is 7.90. The van der Waals surface area contributed by atoms with Crippen LogP contribution in [0.1, 0.15) is 42.1 Å². The Kier molecular flexibility index (Phi) is 6.38. The molecule has 0 bridgehead atoms. The number of nitrogens with zero attached hydrogens (tertiary/aromatic N) is 3. The molecular weight excluding hydrogens is 510 g/mol. The van der Waals surface area contributed by atoms with Crippen LogP contribution in [0.4, 0.5) is 10.5 Å². The maximum absolute atomic E-state index is 13.3. The van der Waals surface area contributed by atoms with Gasteiger partial charge in [-0.25, -0.2) is 22.9 Å². The number of carbonyl (C=O) groups excluding carboxylic acids is 1.